The third-order valence-corrected chi connectivity index (χ3v) is 6.80. The number of benzene rings is 2. The second kappa shape index (κ2) is 17.0. The topological polar surface area (TPSA) is 21.3 Å². The van der Waals surface area contributed by atoms with Crippen molar-refractivity contribution in [3.63, 3.8) is 0 Å². The van der Waals surface area contributed by atoms with Crippen molar-refractivity contribution < 1.29 is 4.74 Å². The molecule has 0 bridgehead atoms. The van der Waals surface area contributed by atoms with Gasteiger partial charge in [0.1, 0.15) is 5.75 Å². The van der Waals surface area contributed by atoms with Gasteiger partial charge in [0.15, 0.2) is 0 Å². The van der Waals surface area contributed by atoms with Crippen LogP contribution in [0.5, 0.6) is 5.75 Å². The van der Waals surface area contributed by atoms with Crippen molar-refractivity contribution >= 4 is 10.8 Å². The molecule has 0 aliphatic carbocycles. The van der Waals surface area contributed by atoms with Gasteiger partial charge in [-0.15, -0.1) is 0 Å². The molecule has 0 saturated heterocycles. The van der Waals surface area contributed by atoms with E-state index in [1.807, 2.05) is 6.07 Å². The largest absolute Gasteiger partial charge is 0.497 e. The van der Waals surface area contributed by atoms with Crippen LogP contribution in [0.1, 0.15) is 115 Å². The van der Waals surface area contributed by atoms with E-state index in [1.54, 1.807) is 7.11 Å². The number of hydrogen-bond donors (Lipinski definition) is 1. The smallest absolute Gasteiger partial charge is 0.119 e. The van der Waals surface area contributed by atoms with E-state index in [-0.39, 0.29) is 0 Å². The van der Waals surface area contributed by atoms with Gasteiger partial charge in [-0.3, -0.25) is 0 Å². The van der Waals surface area contributed by atoms with Crippen molar-refractivity contribution in [1.82, 2.24) is 5.32 Å². The zero-order chi connectivity index (χ0) is 22.9. The number of rotatable bonds is 19. The summed E-state index contributed by atoms with van der Waals surface area (Å²) in [4.78, 5) is 0. The fourth-order valence-corrected chi connectivity index (χ4v) is 4.56. The molecule has 0 aromatic heterocycles. The van der Waals surface area contributed by atoms with E-state index >= 15 is 0 Å². The molecular weight excluding hydrogens is 390 g/mol. The van der Waals surface area contributed by atoms with Gasteiger partial charge in [0.2, 0.25) is 0 Å². The molecule has 2 aromatic carbocycles. The second-order valence-electron chi connectivity index (χ2n) is 9.67. The van der Waals surface area contributed by atoms with Crippen LogP contribution >= 0.6 is 0 Å². The van der Waals surface area contributed by atoms with Crippen LogP contribution in [0.4, 0.5) is 0 Å². The molecule has 2 heteroatoms. The van der Waals surface area contributed by atoms with Gasteiger partial charge in [-0.25, -0.2) is 0 Å². The number of fused-ring (bicyclic) bond motifs is 1. The van der Waals surface area contributed by atoms with Gasteiger partial charge in [-0.1, -0.05) is 122 Å². The molecule has 32 heavy (non-hydrogen) atoms. The van der Waals surface area contributed by atoms with E-state index in [2.05, 4.69) is 49.5 Å². The Hall–Kier alpha value is -1.54. The molecule has 0 aliphatic rings. The first-order valence-electron chi connectivity index (χ1n) is 13.5. The van der Waals surface area contributed by atoms with Crippen LogP contribution < -0.4 is 10.1 Å². The summed E-state index contributed by atoms with van der Waals surface area (Å²) in [5, 5.41) is 6.21. The van der Waals surface area contributed by atoms with E-state index in [0.717, 1.165) is 18.8 Å². The molecule has 0 heterocycles. The molecule has 2 rings (SSSR count). The fourth-order valence-electron chi connectivity index (χ4n) is 4.56. The Bertz CT molecular complexity index is 726. The molecule has 180 valence electrons. The van der Waals surface area contributed by atoms with Crippen LogP contribution in [0.25, 0.3) is 10.8 Å². The van der Waals surface area contributed by atoms with Gasteiger partial charge in [0.25, 0.3) is 0 Å². The predicted octanol–water partition coefficient (Wildman–Crippen LogP) is 9.02. The normalized spacial score (nSPS) is 12.3. The predicted molar refractivity (Wildman–Crippen MR) is 142 cm³/mol. The lowest BCUT2D eigenvalue weighted by atomic mass is 9.97. The lowest BCUT2D eigenvalue weighted by Gasteiger charge is -2.14. The average Bonchev–Trinajstić information content (AvgIpc) is 2.82. The maximum Gasteiger partial charge on any atom is 0.119 e. The van der Waals surface area contributed by atoms with Gasteiger partial charge in [0, 0.05) is 6.54 Å². The summed E-state index contributed by atoms with van der Waals surface area (Å²) in [5.41, 5.74) is 1.41. The van der Waals surface area contributed by atoms with Crippen LogP contribution in [0.15, 0.2) is 36.4 Å². The Balaban J connectivity index is 1.44. The highest BCUT2D eigenvalue weighted by Gasteiger charge is 2.06. The number of hydrogen-bond acceptors (Lipinski definition) is 2. The van der Waals surface area contributed by atoms with Crippen LogP contribution in [-0.2, 0) is 0 Å². The minimum Gasteiger partial charge on any atom is -0.497 e. The van der Waals surface area contributed by atoms with Gasteiger partial charge in [-0.05, 0) is 47.4 Å². The maximum atomic E-state index is 5.33. The van der Waals surface area contributed by atoms with E-state index in [9.17, 15) is 0 Å². The molecule has 1 atom stereocenters. The second-order valence-corrected chi connectivity index (χ2v) is 9.67. The first-order chi connectivity index (χ1) is 15.7. The van der Waals surface area contributed by atoms with Gasteiger partial charge in [0.05, 0.1) is 7.11 Å². The molecule has 0 saturated carbocycles. The summed E-state index contributed by atoms with van der Waals surface area (Å²) in [7, 11) is 1.72. The Morgan fingerprint density at radius 3 is 1.81 bits per heavy atom. The van der Waals surface area contributed by atoms with Crippen molar-refractivity contribution in [3.05, 3.63) is 42.0 Å². The monoisotopic (exact) mass is 439 g/mol. The summed E-state index contributed by atoms with van der Waals surface area (Å²) in [6.07, 6.45) is 19.9. The highest BCUT2D eigenvalue weighted by atomic mass is 16.5. The van der Waals surface area contributed by atoms with Crippen LogP contribution in [0.2, 0.25) is 0 Å². The minimum absolute atomic E-state index is 0.535. The molecule has 0 fully saturated rings. The van der Waals surface area contributed by atoms with Crippen LogP contribution in [-0.4, -0.2) is 20.2 Å². The fraction of sp³-hybridized carbons (Fsp3) is 0.667. The molecule has 0 amide bonds. The van der Waals surface area contributed by atoms with E-state index in [1.165, 1.54) is 106 Å². The third kappa shape index (κ3) is 10.9. The standard InChI is InChI=1S/C30H49NO/c1-4-5-6-7-8-9-10-11-12-13-14-15-16-17-22-31-25-26(2)27-18-19-29-24-30(32-3)21-20-28(29)23-27/h18-21,23-24,26,31H,4-17,22,25H2,1-3H3. The van der Waals surface area contributed by atoms with Gasteiger partial charge < -0.3 is 10.1 Å². The van der Waals surface area contributed by atoms with Crippen molar-refractivity contribution in [2.24, 2.45) is 0 Å². The summed E-state index contributed by atoms with van der Waals surface area (Å²) in [6.45, 7) is 6.82. The minimum atomic E-state index is 0.535. The highest BCUT2D eigenvalue weighted by Crippen LogP contribution is 2.25. The van der Waals surface area contributed by atoms with Gasteiger partial charge >= 0.3 is 0 Å². The van der Waals surface area contributed by atoms with Crippen molar-refractivity contribution in [2.45, 2.75) is 110 Å². The van der Waals surface area contributed by atoms with Gasteiger partial charge in [-0.2, -0.15) is 0 Å². The summed E-state index contributed by atoms with van der Waals surface area (Å²) >= 11 is 0. The molecule has 2 aromatic rings. The van der Waals surface area contributed by atoms with Crippen molar-refractivity contribution in [3.8, 4) is 5.75 Å². The Labute approximate surface area is 198 Å². The Kier molecular flexibility index (Phi) is 14.2. The number of methoxy groups -OCH3 is 1. The van der Waals surface area contributed by atoms with E-state index in [4.69, 9.17) is 4.74 Å². The van der Waals surface area contributed by atoms with Crippen LogP contribution in [0.3, 0.4) is 0 Å². The average molecular weight is 440 g/mol. The maximum absolute atomic E-state index is 5.33. The number of ether oxygens (including phenoxy) is 1. The van der Waals surface area contributed by atoms with Crippen molar-refractivity contribution in [1.29, 1.82) is 0 Å². The number of unbranched alkanes of at least 4 members (excludes halogenated alkanes) is 13. The summed E-state index contributed by atoms with van der Waals surface area (Å²) in [5.74, 6) is 1.46. The molecule has 0 radical (unpaired) electrons. The zero-order valence-electron chi connectivity index (χ0n) is 21.3. The molecule has 0 aliphatic heterocycles. The molecular formula is C30H49NO. The Morgan fingerprint density at radius 2 is 1.22 bits per heavy atom. The lowest BCUT2D eigenvalue weighted by Crippen LogP contribution is -2.21. The molecule has 1 unspecified atom stereocenters. The Morgan fingerprint density at radius 1 is 0.688 bits per heavy atom. The number of nitrogens with one attached hydrogen (secondary N) is 1. The summed E-state index contributed by atoms with van der Waals surface area (Å²) < 4.78 is 5.33. The summed E-state index contributed by atoms with van der Waals surface area (Å²) in [6, 6.07) is 13.1. The quantitative estimate of drug-likeness (QED) is 0.220. The van der Waals surface area contributed by atoms with E-state index in [0.29, 0.717) is 5.92 Å². The van der Waals surface area contributed by atoms with Crippen LogP contribution in [0, 0.1) is 0 Å². The zero-order valence-corrected chi connectivity index (χ0v) is 21.3. The van der Waals surface area contributed by atoms with E-state index < -0.39 is 0 Å². The highest BCUT2D eigenvalue weighted by molar-refractivity contribution is 5.84. The third-order valence-electron chi connectivity index (χ3n) is 6.80. The van der Waals surface area contributed by atoms with Crippen molar-refractivity contribution in [2.75, 3.05) is 20.2 Å². The first-order valence-corrected chi connectivity index (χ1v) is 13.5. The lowest BCUT2D eigenvalue weighted by molar-refractivity contribution is 0.415. The first kappa shape index (κ1) is 26.7. The molecule has 1 N–H and O–H groups in total. The SMILES string of the molecule is CCCCCCCCCCCCCCCCNCC(C)c1ccc2cc(OC)ccc2c1. The molecule has 0 spiro atoms. The molecule has 2 nitrogen and oxygen atoms in total.